The van der Waals surface area contributed by atoms with E-state index in [9.17, 15) is 0 Å². The zero-order valence-corrected chi connectivity index (χ0v) is 9.75. The number of halogens is 1. The molecular weight excluding hydrogens is 236 g/mol. The Bertz CT molecular complexity index is 476. The zero-order chi connectivity index (χ0) is 12.3. The van der Waals surface area contributed by atoms with Crippen LogP contribution in [0.1, 0.15) is 0 Å². The van der Waals surface area contributed by atoms with Crippen LogP contribution in [-0.4, -0.2) is 17.2 Å². The van der Waals surface area contributed by atoms with E-state index in [1.807, 2.05) is 30.3 Å². The van der Waals surface area contributed by atoms with Gasteiger partial charge in [-0.05, 0) is 29.7 Å². The number of para-hydroxylation sites is 1. The molecule has 0 aromatic heterocycles. The second-order valence-electron chi connectivity index (χ2n) is 3.58. The second kappa shape index (κ2) is 5.23. The number of hydrogen-bond donors (Lipinski definition) is 2. The second-order valence-corrected chi connectivity index (χ2v) is 3.92. The third kappa shape index (κ3) is 2.80. The maximum absolute atomic E-state index is 8.98. The highest BCUT2D eigenvalue weighted by Crippen LogP contribution is 2.26. The van der Waals surface area contributed by atoms with Crippen LogP contribution in [0.2, 0.25) is 0 Å². The van der Waals surface area contributed by atoms with Crippen molar-refractivity contribution in [2.75, 3.05) is 4.42 Å². The first kappa shape index (κ1) is 12.0. The van der Waals surface area contributed by atoms with Crippen molar-refractivity contribution in [1.29, 1.82) is 0 Å². The molecule has 0 saturated heterocycles. The topological polar surface area (TPSA) is 43.7 Å². The fourth-order valence-corrected chi connectivity index (χ4v) is 1.71. The quantitative estimate of drug-likeness (QED) is 0.640. The van der Waals surface area contributed by atoms with Gasteiger partial charge >= 0.3 is 7.12 Å². The Morgan fingerprint density at radius 3 is 1.88 bits per heavy atom. The van der Waals surface area contributed by atoms with Gasteiger partial charge < -0.3 is 10.0 Å². The van der Waals surface area contributed by atoms with Gasteiger partial charge in [-0.15, -0.1) is 0 Å². The minimum Gasteiger partial charge on any atom is -0.423 e. The van der Waals surface area contributed by atoms with E-state index in [0.717, 1.165) is 11.4 Å². The molecule has 0 atom stereocenters. The lowest BCUT2D eigenvalue weighted by molar-refractivity contribution is 0.426. The number of anilines is 2. The van der Waals surface area contributed by atoms with Gasteiger partial charge in [0.25, 0.3) is 0 Å². The molecule has 0 heterocycles. The largest absolute Gasteiger partial charge is 0.488 e. The zero-order valence-electron chi connectivity index (χ0n) is 8.99. The predicted octanol–water partition coefficient (Wildman–Crippen LogP) is 1.66. The molecule has 0 spiro atoms. The molecule has 0 aliphatic carbocycles. The first-order valence-electron chi connectivity index (χ1n) is 5.15. The third-order valence-corrected chi connectivity index (χ3v) is 2.79. The first-order chi connectivity index (χ1) is 8.18. The maximum atomic E-state index is 8.98. The molecule has 0 aliphatic rings. The highest BCUT2D eigenvalue weighted by molar-refractivity contribution is 6.58. The summed E-state index contributed by atoms with van der Waals surface area (Å²) in [5.41, 5.74) is 2.06. The van der Waals surface area contributed by atoms with Crippen LogP contribution < -0.4 is 9.88 Å². The Kier molecular flexibility index (Phi) is 3.69. The molecule has 0 aliphatic heterocycles. The van der Waals surface area contributed by atoms with Gasteiger partial charge in [-0.1, -0.05) is 30.3 Å². The summed E-state index contributed by atoms with van der Waals surface area (Å²) in [5.74, 6) is 0. The van der Waals surface area contributed by atoms with E-state index in [1.54, 1.807) is 24.3 Å². The smallest absolute Gasteiger partial charge is 0.423 e. The molecule has 0 amide bonds. The van der Waals surface area contributed by atoms with E-state index in [-0.39, 0.29) is 0 Å². The van der Waals surface area contributed by atoms with E-state index < -0.39 is 7.12 Å². The van der Waals surface area contributed by atoms with Gasteiger partial charge in [0.2, 0.25) is 0 Å². The molecule has 2 aromatic carbocycles. The van der Waals surface area contributed by atoms with Crippen molar-refractivity contribution >= 4 is 35.7 Å². The predicted molar refractivity (Wildman–Crippen MR) is 70.7 cm³/mol. The van der Waals surface area contributed by atoms with Crippen molar-refractivity contribution in [2.45, 2.75) is 0 Å². The van der Waals surface area contributed by atoms with Crippen molar-refractivity contribution in [3.05, 3.63) is 54.6 Å². The van der Waals surface area contributed by atoms with Crippen molar-refractivity contribution in [3.63, 3.8) is 0 Å². The molecule has 2 rings (SSSR count). The van der Waals surface area contributed by atoms with Crippen molar-refractivity contribution in [3.8, 4) is 0 Å². The highest BCUT2D eigenvalue weighted by atomic mass is 35.5. The standard InChI is InChI=1S/C12H11BClNO2/c14-15(11-4-2-1-3-5-11)12-8-6-10(7-9-12)13(16)17/h1-9,16-17H. The normalized spacial score (nSPS) is 10.1. The average Bonchev–Trinajstić information content (AvgIpc) is 2.39. The maximum Gasteiger partial charge on any atom is 0.488 e. The summed E-state index contributed by atoms with van der Waals surface area (Å²) in [6.07, 6.45) is 0. The van der Waals surface area contributed by atoms with Crippen molar-refractivity contribution in [2.24, 2.45) is 0 Å². The Morgan fingerprint density at radius 1 is 0.824 bits per heavy atom. The number of hydrogen-bond acceptors (Lipinski definition) is 3. The highest BCUT2D eigenvalue weighted by Gasteiger charge is 2.11. The molecule has 0 saturated carbocycles. The van der Waals surface area contributed by atoms with Crippen molar-refractivity contribution in [1.82, 2.24) is 0 Å². The molecule has 0 unspecified atom stereocenters. The van der Waals surface area contributed by atoms with Crippen LogP contribution in [0.25, 0.3) is 0 Å². The van der Waals surface area contributed by atoms with Crippen molar-refractivity contribution < 1.29 is 10.0 Å². The summed E-state index contributed by atoms with van der Waals surface area (Å²) >= 11 is 6.17. The summed E-state index contributed by atoms with van der Waals surface area (Å²) < 4.78 is 1.51. The van der Waals surface area contributed by atoms with Gasteiger partial charge in [0.15, 0.2) is 0 Å². The van der Waals surface area contributed by atoms with E-state index in [2.05, 4.69) is 0 Å². The van der Waals surface area contributed by atoms with Crippen LogP contribution in [0.5, 0.6) is 0 Å². The molecule has 0 radical (unpaired) electrons. The monoisotopic (exact) mass is 247 g/mol. The molecule has 2 aromatic rings. The van der Waals surface area contributed by atoms with Gasteiger partial charge in [-0.3, -0.25) is 4.42 Å². The molecule has 2 N–H and O–H groups in total. The van der Waals surface area contributed by atoms with Gasteiger partial charge in [0, 0.05) is 11.8 Å². The molecule has 0 fully saturated rings. The minimum atomic E-state index is -1.45. The Hall–Kier alpha value is -1.49. The van der Waals surface area contributed by atoms with Gasteiger partial charge in [0.05, 0.1) is 11.4 Å². The fraction of sp³-hybridized carbons (Fsp3) is 0. The summed E-state index contributed by atoms with van der Waals surface area (Å²) in [6, 6.07) is 16.2. The summed E-state index contributed by atoms with van der Waals surface area (Å²) in [4.78, 5) is 0. The molecule has 0 bridgehead atoms. The average molecular weight is 247 g/mol. The van der Waals surface area contributed by atoms with Crippen LogP contribution in [0.4, 0.5) is 11.4 Å². The van der Waals surface area contributed by atoms with E-state index >= 15 is 0 Å². The summed E-state index contributed by atoms with van der Waals surface area (Å²) in [6.45, 7) is 0. The molecule has 5 heteroatoms. The molecule has 86 valence electrons. The third-order valence-electron chi connectivity index (χ3n) is 2.40. The molecule has 3 nitrogen and oxygen atoms in total. The van der Waals surface area contributed by atoms with E-state index in [4.69, 9.17) is 21.8 Å². The van der Waals surface area contributed by atoms with Crippen LogP contribution >= 0.6 is 11.8 Å². The minimum absolute atomic E-state index is 0.437. The SMILES string of the molecule is OB(O)c1ccc(N(Cl)c2ccccc2)cc1. The fourth-order valence-electron chi connectivity index (χ4n) is 1.49. The Balaban J connectivity index is 2.23. The van der Waals surface area contributed by atoms with Gasteiger partial charge in [-0.25, -0.2) is 0 Å². The lowest BCUT2D eigenvalue weighted by atomic mass is 9.80. The number of rotatable bonds is 3. The first-order valence-corrected chi connectivity index (χ1v) is 5.49. The van der Waals surface area contributed by atoms with Crippen LogP contribution in [0.15, 0.2) is 54.6 Å². The Labute approximate surface area is 105 Å². The van der Waals surface area contributed by atoms with Gasteiger partial charge in [0.1, 0.15) is 0 Å². The van der Waals surface area contributed by atoms with Gasteiger partial charge in [-0.2, -0.15) is 0 Å². The number of benzene rings is 2. The van der Waals surface area contributed by atoms with E-state index in [0.29, 0.717) is 5.46 Å². The summed E-state index contributed by atoms with van der Waals surface area (Å²) in [7, 11) is -1.45. The number of nitrogens with zero attached hydrogens (tertiary/aromatic N) is 1. The lowest BCUT2D eigenvalue weighted by Crippen LogP contribution is -2.29. The summed E-state index contributed by atoms with van der Waals surface area (Å²) in [5, 5.41) is 18.0. The lowest BCUT2D eigenvalue weighted by Gasteiger charge is -2.16. The van der Waals surface area contributed by atoms with E-state index in [1.165, 1.54) is 4.42 Å². The Morgan fingerprint density at radius 2 is 1.35 bits per heavy atom. The molecular formula is C12H11BClNO2. The van der Waals surface area contributed by atoms with Crippen LogP contribution in [-0.2, 0) is 0 Å². The van der Waals surface area contributed by atoms with Crippen LogP contribution in [0, 0.1) is 0 Å². The molecule has 17 heavy (non-hydrogen) atoms. The van der Waals surface area contributed by atoms with Crippen LogP contribution in [0.3, 0.4) is 0 Å².